The average Bonchev–Trinajstić information content (AvgIpc) is 2.97. The minimum absolute atomic E-state index is 0. The van der Waals surface area contributed by atoms with E-state index >= 15 is 0 Å². The van der Waals surface area contributed by atoms with Gasteiger partial charge in [-0.25, -0.2) is 4.98 Å². The first-order chi connectivity index (χ1) is 40.3. The standard InChI is InChI=1S/C77H53N4O.Pt/c1-76(2,3)53-43-44-78-73(46-53)81-70-37-17-15-32-64(70)65-42-40-56(48-72(65)81)82-55-26-18-25-54(47-55)79-49-80-74-57(33-19-34-66(74)60-29-12-10-27-58(60)59-28-11-13-30-61(59)67-35-20-38-71(79)75(67)80)50-39-41-63-62-31-14-16-36-68(62)77(69(63)45-50,51-21-6-4-7-22-51)52-23-8-5-9-24-52;/h4-46,49H,1-3H3;/q-3;. The van der Waals surface area contributed by atoms with E-state index in [1.807, 2.05) is 18.3 Å². The molecule has 1 aliphatic heterocycles. The van der Waals surface area contributed by atoms with Crippen LogP contribution in [0.4, 0.5) is 11.4 Å². The Morgan fingerprint density at radius 1 is 0.458 bits per heavy atom. The van der Waals surface area contributed by atoms with Crippen LogP contribution in [-0.4, -0.2) is 14.1 Å². The van der Waals surface area contributed by atoms with Crippen molar-refractivity contribution in [2.75, 3.05) is 4.90 Å². The molecule has 0 N–H and O–H groups in total. The molecule has 11 aromatic carbocycles. The number of rotatable bonds is 7. The molecule has 2 aliphatic rings. The van der Waals surface area contributed by atoms with Crippen molar-refractivity contribution in [3.8, 4) is 39.6 Å². The van der Waals surface area contributed by atoms with Gasteiger partial charge in [-0.15, -0.1) is 35.7 Å². The smallest absolute Gasteiger partial charge is 0.135 e. The molecular weight excluding hydrogens is 1190 g/mol. The van der Waals surface area contributed by atoms with Crippen molar-refractivity contribution < 1.29 is 25.8 Å². The molecule has 0 spiro atoms. The summed E-state index contributed by atoms with van der Waals surface area (Å²) < 4.78 is 11.5. The summed E-state index contributed by atoms with van der Waals surface area (Å²) in [6, 6.07) is 100. The van der Waals surface area contributed by atoms with Gasteiger partial charge >= 0.3 is 0 Å². The van der Waals surface area contributed by atoms with Crippen molar-refractivity contribution in [3.63, 3.8) is 0 Å². The Kier molecular flexibility index (Phi) is 11.8. The van der Waals surface area contributed by atoms with Gasteiger partial charge in [-0.3, -0.25) is 0 Å². The van der Waals surface area contributed by atoms with E-state index < -0.39 is 5.41 Å². The number of para-hydroxylation sites is 3. The van der Waals surface area contributed by atoms with Gasteiger partial charge < -0.3 is 18.8 Å². The Balaban J connectivity index is 0.00000588. The minimum Gasteiger partial charge on any atom is -0.509 e. The maximum atomic E-state index is 6.85. The van der Waals surface area contributed by atoms with Gasteiger partial charge in [0.15, 0.2) is 0 Å². The largest absolute Gasteiger partial charge is 0.509 e. The van der Waals surface area contributed by atoms with E-state index in [4.69, 9.17) is 9.72 Å². The summed E-state index contributed by atoms with van der Waals surface area (Å²) in [4.78, 5) is 7.19. The second-order valence-corrected chi connectivity index (χ2v) is 22.7. The second-order valence-electron chi connectivity index (χ2n) is 22.7. The van der Waals surface area contributed by atoms with Crippen LogP contribution in [0, 0.1) is 18.8 Å². The summed E-state index contributed by atoms with van der Waals surface area (Å²) in [7, 11) is 0. The van der Waals surface area contributed by atoms with Crippen LogP contribution in [0.2, 0.25) is 0 Å². The summed E-state index contributed by atoms with van der Waals surface area (Å²) in [5.74, 6) is 2.01. The van der Waals surface area contributed by atoms with Crippen LogP contribution in [0.5, 0.6) is 11.5 Å². The topological polar surface area (TPSA) is 35.2 Å². The SMILES string of the molecule is CC(C)(C)c1ccnc(-n2c3[c-]c(Oc4[c-]c(N5[CH-]n6c7c(-c8ccc9c(c8)C(c8ccccc8)(c8ccccc8)c8ccccc8-9)cccc7c7ccccc7c7ccccc7c7cccc5c76)ccc4)ccc3c3ccccc32)c1.[Pt]. The van der Waals surface area contributed by atoms with Gasteiger partial charge in [0.25, 0.3) is 0 Å². The van der Waals surface area contributed by atoms with Crippen LogP contribution < -0.4 is 9.64 Å². The molecule has 0 bridgehead atoms. The molecule has 0 atom stereocenters. The van der Waals surface area contributed by atoms with Crippen molar-refractivity contribution in [1.82, 2.24) is 14.1 Å². The Hall–Kier alpha value is -9.67. The quantitative estimate of drug-likeness (QED) is 0.149. The molecule has 16 rings (SSSR count). The molecule has 0 saturated heterocycles. The third-order valence-corrected chi connectivity index (χ3v) is 17.1. The Morgan fingerprint density at radius 2 is 1.04 bits per heavy atom. The van der Waals surface area contributed by atoms with Crippen LogP contribution in [0.3, 0.4) is 0 Å². The summed E-state index contributed by atoms with van der Waals surface area (Å²) in [6.45, 7) is 8.97. The average molecular weight is 1250 g/mol. The van der Waals surface area contributed by atoms with Crippen LogP contribution in [0.15, 0.2) is 261 Å². The van der Waals surface area contributed by atoms with Crippen molar-refractivity contribution >= 4 is 76.5 Å². The van der Waals surface area contributed by atoms with E-state index in [1.165, 1.54) is 49.7 Å². The van der Waals surface area contributed by atoms with Crippen LogP contribution >= 0.6 is 0 Å². The minimum atomic E-state index is -0.560. The number of nitrogens with zero attached hydrogens (tertiary/aromatic N) is 4. The van der Waals surface area contributed by atoms with E-state index in [1.54, 1.807) is 0 Å². The summed E-state index contributed by atoms with van der Waals surface area (Å²) in [5, 5.41) is 9.18. The number of ether oxygens (including phenoxy) is 1. The zero-order valence-electron chi connectivity index (χ0n) is 45.9. The zero-order valence-corrected chi connectivity index (χ0v) is 48.2. The van der Waals surface area contributed by atoms with Crippen molar-refractivity contribution in [2.45, 2.75) is 31.6 Å². The normalized spacial score (nSPS) is 13.1. The second kappa shape index (κ2) is 19.5. The van der Waals surface area contributed by atoms with Crippen molar-refractivity contribution in [3.05, 3.63) is 308 Å². The van der Waals surface area contributed by atoms with Gasteiger partial charge in [-0.1, -0.05) is 226 Å². The zero-order chi connectivity index (χ0) is 54.7. The molecule has 0 saturated carbocycles. The number of fused-ring (bicyclic) bond motifs is 13. The number of benzene rings is 11. The predicted molar refractivity (Wildman–Crippen MR) is 338 cm³/mol. The fraction of sp³-hybridized carbons (Fsp3) is 0.0649. The van der Waals surface area contributed by atoms with E-state index in [2.05, 4.69) is 296 Å². The van der Waals surface area contributed by atoms with Gasteiger partial charge in [-0.05, 0) is 141 Å². The molecule has 0 fully saturated rings. The molecule has 0 radical (unpaired) electrons. The first kappa shape index (κ1) is 50.3. The molecule has 4 heterocycles. The first-order valence-corrected chi connectivity index (χ1v) is 28.2. The van der Waals surface area contributed by atoms with Gasteiger partial charge in [0.1, 0.15) is 5.82 Å². The molecule has 83 heavy (non-hydrogen) atoms. The van der Waals surface area contributed by atoms with Crippen LogP contribution in [0.25, 0.3) is 93.2 Å². The molecule has 6 heteroatoms. The molecule has 1 aliphatic carbocycles. The van der Waals surface area contributed by atoms with E-state index in [-0.39, 0.29) is 26.5 Å². The monoisotopic (exact) mass is 1240 g/mol. The number of aromatic nitrogens is 3. The van der Waals surface area contributed by atoms with Gasteiger partial charge in [0, 0.05) is 50.0 Å². The fourth-order valence-corrected chi connectivity index (χ4v) is 13.5. The maximum Gasteiger partial charge on any atom is 0.135 e. The van der Waals surface area contributed by atoms with E-state index in [0.717, 1.165) is 82.7 Å². The Morgan fingerprint density at radius 3 is 1.76 bits per heavy atom. The Bertz CT molecular complexity index is 4950. The summed E-state index contributed by atoms with van der Waals surface area (Å²) in [5.41, 5.74) is 16.4. The molecule has 14 aromatic rings. The molecule has 0 amide bonds. The third-order valence-electron chi connectivity index (χ3n) is 17.1. The molecule has 3 aromatic heterocycles. The van der Waals surface area contributed by atoms with Gasteiger partial charge in [-0.2, -0.15) is 12.1 Å². The van der Waals surface area contributed by atoms with E-state index in [9.17, 15) is 0 Å². The van der Waals surface area contributed by atoms with Gasteiger partial charge in [0.2, 0.25) is 0 Å². The summed E-state index contributed by atoms with van der Waals surface area (Å²) in [6.07, 6.45) is 1.91. The molecule has 5 nitrogen and oxygen atoms in total. The molecule has 0 unspecified atom stereocenters. The van der Waals surface area contributed by atoms with Crippen LogP contribution in [0.1, 0.15) is 48.6 Å². The maximum absolute atomic E-state index is 6.85. The summed E-state index contributed by atoms with van der Waals surface area (Å²) >= 11 is 0. The number of hydrogen-bond donors (Lipinski definition) is 0. The molecule has 400 valence electrons. The number of hydrogen-bond acceptors (Lipinski definition) is 3. The number of pyridine rings is 1. The predicted octanol–water partition coefficient (Wildman–Crippen LogP) is 19.6. The first-order valence-electron chi connectivity index (χ1n) is 28.2. The van der Waals surface area contributed by atoms with E-state index in [0.29, 0.717) is 11.5 Å². The van der Waals surface area contributed by atoms with Crippen molar-refractivity contribution in [1.29, 1.82) is 0 Å². The van der Waals surface area contributed by atoms with Gasteiger partial charge in [0.05, 0.1) is 5.41 Å². The Labute approximate surface area is 496 Å². The van der Waals surface area contributed by atoms with Crippen molar-refractivity contribution in [2.24, 2.45) is 0 Å². The fourth-order valence-electron chi connectivity index (χ4n) is 13.5. The molecular formula is C77H53N4OPt-3. The number of anilines is 2. The van der Waals surface area contributed by atoms with Crippen LogP contribution in [-0.2, 0) is 31.9 Å². The third kappa shape index (κ3) is 7.79.